The Labute approximate surface area is 376 Å². The fourth-order valence-corrected chi connectivity index (χ4v) is 10.8. The number of piperidine rings is 3. The van der Waals surface area contributed by atoms with Gasteiger partial charge in [-0.05, 0) is 111 Å². The SMILES string of the molecule is CC(=O)c1c(C)c2cnc(Nc3ccc(C4CCN(c5ccc(CN6CCC(O)(c7ccc8c(c7)CN(C7CCC(=O)NC7=O)C8=O)CC6)cn5)CC4)cn3)nc2n(C2CCCC2)c1=O. The van der Waals surface area contributed by atoms with Gasteiger partial charge in [0.05, 0.1) is 11.2 Å². The van der Waals surface area contributed by atoms with E-state index in [4.69, 9.17) is 15.0 Å². The van der Waals surface area contributed by atoms with Crippen molar-refractivity contribution in [1.82, 2.24) is 39.6 Å². The molecule has 4 aliphatic heterocycles. The van der Waals surface area contributed by atoms with Gasteiger partial charge in [0.1, 0.15) is 23.3 Å². The second-order valence-corrected chi connectivity index (χ2v) is 18.6. The van der Waals surface area contributed by atoms with Crippen molar-refractivity contribution in [1.29, 1.82) is 0 Å². The van der Waals surface area contributed by atoms with Gasteiger partial charge in [0.15, 0.2) is 5.78 Å². The summed E-state index contributed by atoms with van der Waals surface area (Å²) in [5, 5.41) is 18.1. The lowest BCUT2D eigenvalue weighted by atomic mass is 9.83. The van der Waals surface area contributed by atoms with E-state index in [9.17, 15) is 29.1 Å². The summed E-state index contributed by atoms with van der Waals surface area (Å²) in [5.41, 5.74) is 4.52. The first kappa shape index (κ1) is 42.6. The molecule has 5 aromatic rings. The number of fused-ring (bicyclic) bond motifs is 2. The number of hydrogen-bond acceptors (Lipinski definition) is 13. The molecule has 3 amide bonds. The summed E-state index contributed by atoms with van der Waals surface area (Å²) in [6, 6.07) is 13.2. The number of amides is 3. The van der Waals surface area contributed by atoms with Crippen molar-refractivity contribution in [3.63, 3.8) is 0 Å². The second-order valence-electron chi connectivity index (χ2n) is 18.6. The summed E-state index contributed by atoms with van der Waals surface area (Å²) in [6.07, 6.45) is 13.0. The van der Waals surface area contributed by atoms with Crippen molar-refractivity contribution in [3.8, 4) is 0 Å². The smallest absolute Gasteiger partial charge is 0.263 e. The topological polar surface area (TPSA) is 196 Å². The average Bonchev–Trinajstić information content (AvgIpc) is 3.95. The summed E-state index contributed by atoms with van der Waals surface area (Å²) in [4.78, 5) is 88.6. The van der Waals surface area contributed by atoms with Crippen molar-refractivity contribution < 1.29 is 24.3 Å². The minimum absolute atomic E-state index is 0.00765. The first-order valence-corrected chi connectivity index (χ1v) is 23.0. The monoisotopic (exact) mass is 878 g/mol. The van der Waals surface area contributed by atoms with Crippen LogP contribution < -0.4 is 21.1 Å². The molecule has 4 fully saturated rings. The predicted molar refractivity (Wildman–Crippen MR) is 243 cm³/mol. The van der Waals surface area contributed by atoms with Crippen molar-refractivity contribution >= 4 is 52.1 Å². The van der Waals surface area contributed by atoms with Gasteiger partial charge in [-0.2, -0.15) is 4.98 Å². The van der Waals surface area contributed by atoms with E-state index in [1.165, 1.54) is 17.4 Å². The van der Waals surface area contributed by atoms with E-state index in [-0.39, 0.29) is 47.7 Å². The predicted octanol–water partition coefficient (Wildman–Crippen LogP) is 5.58. The lowest BCUT2D eigenvalue weighted by Gasteiger charge is -2.38. The number of rotatable bonds is 10. The summed E-state index contributed by atoms with van der Waals surface area (Å²) in [7, 11) is 0. The third kappa shape index (κ3) is 8.18. The third-order valence-corrected chi connectivity index (χ3v) is 14.5. The van der Waals surface area contributed by atoms with E-state index >= 15 is 0 Å². The van der Waals surface area contributed by atoms with Gasteiger partial charge in [0.25, 0.3) is 11.5 Å². The molecular weight excluding hydrogens is 825 g/mol. The number of pyridine rings is 3. The molecule has 1 aromatic carbocycles. The molecule has 10 rings (SSSR count). The minimum atomic E-state index is -1.01. The van der Waals surface area contributed by atoms with Crippen LogP contribution >= 0.6 is 0 Å². The highest BCUT2D eigenvalue weighted by Crippen LogP contribution is 2.38. The zero-order valence-corrected chi connectivity index (χ0v) is 36.9. The number of anilines is 3. The second kappa shape index (κ2) is 17.2. The molecule has 1 aliphatic carbocycles. The number of aliphatic hydroxyl groups is 1. The van der Waals surface area contributed by atoms with Gasteiger partial charge in [0.2, 0.25) is 17.8 Å². The molecule has 3 saturated heterocycles. The number of aromatic nitrogens is 5. The summed E-state index contributed by atoms with van der Waals surface area (Å²) >= 11 is 0. The van der Waals surface area contributed by atoms with Gasteiger partial charge < -0.3 is 20.2 Å². The molecule has 16 nitrogen and oxygen atoms in total. The first-order valence-electron chi connectivity index (χ1n) is 23.0. The molecule has 0 spiro atoms. The maximum absolute atomic E-state index is 13.6. The van der Waals surface area contributed by atoms with Gasteiger partial charge >= 0.3 is 0 Å². The highest BCUT2D eigenvalue weighted by atomic mass is 16.3. The molecule has 1 unspecified atom stereocenters. The average molecular weight is 879 g/mol. The maximum Gasteiger partial charge on any atom is 0.263 e. The Morgan fingerprint density at radius 1 is 0.892 bits per heavy atom. The number of hydrogen-bond donors (Lipinski definition) is 3. The quantitative estimate of drug-likeness (QED) is 0.116. The Bertz CT molecular complexity index is 2750. The minimum Gasteiger partial charge on any atom is -0.385 e. The molecule has 0 radical (unpaired) electrons. The Morgan fingerprint density at radius 2 is 1.68 bits per heavy atom. The zero-order chi connectivity index (χ0) is 45.0. The summed E-state index contributed by atoms with van der Waals surface area (Å²) in [5.74, 6) is 1.09. The van der Waals surface area contributed by atoms with Crippen LogP contribution in [-0.2, 0) is 28.3 Å². The number of Topliss-reactive ketones (excluding diaryl/α,β-unsaturated/α-hetero) is 1. The Kier molecular flexibility index (Phi) is 11.3. The van der Waals surface area contributed by atoms with E-state index < -0.39 is 17.6 Å². The lowest BCUT2D eigenvalue weighted by molar-refractivity contribution is -0.136. The number of carbonyl (C=O) groups is 4. The van der Waals surface area contributed by atoms with Crippen LogP contribution in [0.2, 0.25) is 0 Å². The van der Waals surface area contributed by atoms with Crippen LogP contribution in [0.3, 0.4) is 0 Å². The number of carbonyl (C=O) groups excluding carboxylic acids is 4. The Morgan fingerprint density at radius 3 is 2.37 bits per heavy atom. The molecule has 3 N–H and O–H groups in total. The zero-order valence-electron chi connectivity index (χ0n) is 36.9. The Balaban J connectivity index is 0.712. The van der Waals surface area contributed by atoms with Crippen LogP contribution in [0.25, 0.3) is 11.0 Å². The number of likely N-dealkylation sites (tertiary alicyclic amines) is 1. The molecule has 4 aromatic heterocycles. The highest BCUT2D eigenvalue weighted by molar-refractivity contribution is 6.05. The van der Waals surface area contributed by atoms with Crippen molar-refractivity contribution in [2.45, 2.75) is 115 Å². The third-order valence-electron chi connectivity index (χ3n) is 14.5. The fourth-order valence-electron chi connectivity index (χ4n) is 10.8. The van der Waals surface area contributed by atoms with Crippen LogP contribution in [0.4, 0.5) is 17.6 Å². The number of nitrogens with zero attached hydrogens (tertiary/aromatic N) is 8. The molecule has 1 saturated carbocycles. The first-order chi connectivity index (χ1) is 31.4. The van der Waals surface area contributed by atoms with Crippen molar-refractivity contribution in [2.24, 2.45) is 0 Å². The van der Waals surface area contributed by atoms with Crippen molar-refractivity contribution in [2.75, 3.05) is 36.4 Å². The van der Waals surface area contributed by atoms with E-state index in [2.05, 4.69) is 43.6 Å². The van der Waals surface area contributed by atoms with Crippen LogP contribution in [-0.4, -0.2) is 95.1 Å². The van der Waals surface area contributed by atoms with Gasteiger partial charge in [-0.25, -0.2) is 15.0 Å². The van der Waals surface area contributed by atoms with Crippen molar-refractivity contribution in [3.05, 3.63) is 110 Å². The lowest BCUT2D eigenvalue weighted by Crippen LogP contribution is -2.52. The molecule has 16 heteroatoms. The number of imide groups is 1. The van der Waals surface area contributed by atoms with Gasteiger partial charge in [-0.15, -0.1) is 0 Å². The van der Waals surface area contributed by atoms with Crippen LogP contribution in [0.1, 0.15) is 132 Å². The number of ketones is 1. The van der Waals surface area contributed by atoms with Gasteiger partial charge in [-0.3, -0.25) is 38.8 Å². The molecule has 0 bridgehead atoms. The molecule has 1 atom stereocenters. The van der Waals surface area contributed by atoms with E-state index in [0.717, 1.165) is 80.7 Å². The molecule has 336 valence electrons. The number of benzene rings is 1. The Hall–Kier alpha value is -6.39. The number of nitrogens with one attached hydrogen (secondary N) is 2. The number of aryl methyl sites for hydroxylation is 1. The largest absolute Gasteiger partial charge is 0.385 e. The normalized spacial score (nSPS) is 20.7. The van der Waals surface area contributed by atoms with E-state index in [1.807, 2.05) is 30.6 Å². The molecule has 5 aliphatic rings. The van der Waals surface area contributed by atoms with E-state index in [0.29, 0.717) is 72.2 Å². The summed E-state index contributed by atoms with van der Waals surface area (Å²) in [6.45, 7) is 7.43. The van der Waals surface area contributed by atoms with Crippen LogP contribution in [0, 0.1) is 6.92 Å². The molecule has 65 heavy (non-hydrogen) atoms. The van der Waals surface area contributed by atoms with Gasteiger partial charge in [-0.1, -0.05) is 37.1 Å². The molecular formula is C49H54N10O6. The molecule has 8 heterocycles. The van der Waals surface area contributed by atoms with Crippen LogP contribution in [0.5, 0.6) is 0 Å². The summed E-state index contributed by atoms with van der Waals surface area (Å²) < 4.78 is 1.72. The standard InChI is InChI=1S/C49H54N10O6/c1-29-38-26-52-48(55-44(38)59(36-5-3-4-6-36)47(64)43(29)30(2)60)53-40-12-8-33(25-50-40)32-15-19-57(20-16-32)41-13-7-31(24-51-41)27-56-21-17-49(65,18-22-56)35-9-10-37-34(23-35)28-58(46(37)63)39-11-14-42(61)54-45(39)62/h7-10,12-13,23-26,32,36,39,65H,3-6,11,14-22,27-28H2,1-2H3,(H,54,61,62)(H,50,52,53,55). The highest BCUT2D eigenvalue weighted by Gasteiger charge is 2.41. The van der Waals surface area contributed by atoms with Crippen LogP contribution in [0.15, 0.2) is 65.8 Å². The van der Waals surface area contributed by atoms with Gasteiger partial charge in [0, 0.05) is 81.3 Å². The maximum atomic E-state index is 13.6. The fraction of sp³-hybridized carbons (Fsp3) is 0.449. The van der Waals surface area contributed by atoms with E-state index in [1.54, 1.807) is 23.8 Å².